The predicted molar refractivity (Wildman–Crippen MR) is 141 cm³/mol. The molecule has 0 bridgehead atoms. The van der Waals surface area contributed by atoms with Gasteiger partial charge in [0.25, 0.3) is 0 Å². The molecular weight excluding hydrogens is 484 g/mol. The van der Waals surface area contributed by atoms with Gasteiger partial charge in [0.05, 0.1) is 37.2 Å². The van der Waals surface area contributed by atoms with E-state index in [1.54, 1.807) is 23.5 Å². The molecule has 1 N–H and O–H groups in total. The van der Waals surface area contributed by atoms with E-state index < -0.39 is 11.9 Å². The molecule has 2 aromatic heterocycles. The van der Waals surface area contributed by atoms with Crippen LogP contribution < -0.4 is 9.64 Å². The number of carboxylic acid groups (broad SMARTS) is 1. The highest BCUT2D eigenvalue weighted by Gasteiger charge is 2.47. The van der Waals surface area contributed by atoms with Gasteiger partial charge in [0.1, 0.15) is 12.0 Å². The van der Waals surface area contributed by atoms with Gasteiger partial charge in [0.2, 0.25) is 5.91 Å². The Morgan fingerprint density at radius 3 is 2.87 bits per heavy atom. The number of fused-ring (bicyclic) bond motifs is 1. The molecule has 3 atom stereocenters. The number of nitrogens with zero attached hydrogens (tertiary/aromatic N) is 4. The maximum absolute atomic E-state index is 13.7. The monoisotopic (exact) mass is 518 g/mol. The van der Waals surface area contributed by atoms with Gasteiger partial charge in [0.15, 0.2) is 5.89 Å². The lowest BCUT2D eigenvalue weighted by molar-refractivity contribution is -0.143. The van der Waals surface area contributed by atoms with Gasteiger partial charge < -0.3 is 19.2 Å². The molecule has 1 fully saturated rings. The molecule has 2 aliphatic heterocycles. The number of pyridine rings is 1. The van der Waals surface area contributed by atoms with Gasteiger partial charge in [0, 0.05) is 44.1 Å². The molecule has 1 aromatic carbocycles. The van der Waals surface area contributed by atoms with Crippen molar-refractivity contribution in [2.24, 2.45) is 5.92 Å². The number of oxazole rings is 1. The molecule has 0 aliphatic carbocycles. The molecule has 0 spiro atoms. The fraction of sp³-hybridized carbons (Fsp3) is 0.448. The number of hydrogen-bond acceptors (Lipinski definition) is 7. The number of likely N-dealkylation sites (tertiary alicyclic amines) is 1. The smallest absolute Gasteiger partial charge is 0.308 e. The number of unbranched alkanes of at least 4 members (excludes halogenated alkanes) is 1. The van der Waals surface area contributed by atoms with Crippen LogP contribution in [-0.4, -0.2) is 64.1 Å². The number of anilines is 1. The van der Waals surface area contributed by atoms with E-state index in [0.29, 0.717) is 38.4 Å². The summed E-state index contributed by atoms with van der Waals surface area (Å²) >= 11 is 0. The number of carbonyl (C=O) groups excluding carboxylic acids is 1. The van der Waals surface area contributed by atoms with Crippen LogP contribution in [0.1, 0.15) is 49.1 Å². The second-order valence-electron chi connectivity index (χ2n) is 10.0. The van der Waals surface area contributed by atoms with Crippen LogP contribution in [0.15, 0.2) is 59.6 Å². The van der Waals surface area contributed by atoms with Crippen molar-refractivity contribution in [3.63, 3.8) is 0 Å². The minimum atomic E-state index is -0.853. The number of ether oxygens (including phenoxy) is 1. The van der Waals surface area contributed by atoms with Gasteiger partial charge in [-0.25, -0.2) is 4.98 Å². The first-order chi connectivity index (χ1) is 18.5. The summed E-state index contributed by atoms with van der Waals surface area (Å²) < 4.78 is 11.1. The van der Waals surface area contributed by atoms with Gasteiger partial charge in [-0.15, -0.1) is 0 Å². The Bertz CT molecular complexity index is 1230. The molecule has 200 valence electrons. The van der Waals surface area contributed by atoms with Crippen molar-refractivity contribution < 1.29 is 23.8 Å². The van der Waals surface area contributed by atoms with E-state index in [0.717, 1.165) is 41.8 Å². The first-order valence-electron chi connectivity index (χ1n) is 13.4. The lowest BCUT2D eigenvalue weighted by atomic mass is 9.83. The normalized spacial score (nSPS) is 20.7. The topological polar surface area (TPSA) is 109 Å². The van der Waals surface area contributed by atoms with E-state index in [-0.39, 0.29) is 24.4 Å². The summed E-state index contributed by atoms with van der Waals surface area (Å²) in [4.78, 5) is 38.7. The van der Waals surface area contributed by atoms with Crippen molar-refractivity contribution in [2.75, 3.05) is 31.1 Å². The number of amides is 1. The summed E-state index contributed by atoms with van der Waals surface area (Å²) in [5, 5.41) is 10.4. The number of aromatic nitrogens is 2. The lowest BCUT2D eigenvalue weighted by Gasteiger charge is -2.29. The average molecular weight is 519 g/mol. The average Bonchev–Trinajstić information content (AvgIpc) is 3.68. The quantitative estimate of drug-likeness (QED) is 0.407. The zero-order valence-corrected chi connectivity index (χ0v) is 21.7. The third-order valence-electron chi connectivity index (χ3n) is 7.64. The summed E-state index contributed by atoms with van der Waals surface area (Å²) in [7, 11) is 0. The molecule has 2 aliphatic rings. The molecule has 0 saturated carbocycles. The molecule has 9 heteroatoms. The Labute approximate surface area is 222 Å². The SMILES string of the molecule is CCCCN(C(=O)CN1C[C@H](c2ccc3c(c2)CCO3)[C@@H](C(=O)O)[C@@H]1CCc1ncco1)c1cccnc1. The molecule has 5 rings (SSSR count). The van der Waals surface area contributed by atoms with Crippen LogP contribution in [0, 0.1) is 5.92 Å². The molecule has 4 heterocycles. The van der Waals surface area contributed by atoms with Crippen LogP contribution in [0.3, 0.4) is 0 Å². The van der Waals surface area contributed by atoms with Gasteiger partial charge in [-0.05, 0) is 42.2 Å². The summed E-state index contributed by atoms with van der Waals surface area (Å²) in [5.41, 5.74) is 2.85. The zero-order chi connectivity index (χ0) is 26.5. The van der Waals surface area contributed by atoms with Crippen molar-refractivity contribution in [3.05, 3.63) is 72.2 Å². The molecule has 3 aromatic rings. The van der Waals surface area contributed by atoms with Crippen LogP contribution in [0.4, 0.5) is 5.69 Å². The third-order valence-corrected chi connectivity index (χ3v) is 7.64. The summed E-state index contributed by atoms with van der Waals surface area (Å²) in [5.74, 6) is -0.384. The van der Waals surface area contributed by atoms with Crippen LogP contribution in [-0.2, 0) is 22.4 Å². The largest absolute Gasteiger partial charge is 0.493 e. The van der Waals surface area contributed by atoms with Gasteiger partial charge in [-0.2, -0.15) is 0 Å². The van der Waals surface area contributed by atoms with E-state index in [4.69, 9.17) is 9.15 Å². The molecular formula is C29H34N4O5. The molecule has 38 heavy (non-hydrogen) atoms. The predicted octanol–water partition coefficient (Wildman–Crippen LogP) is 3.94. The summed E-state index contributed by atoms with van der Waals surface area (Å²) in [6.45, 7) is 3.94. The van der Waals surface area contributed by atoms with Crippen molar-refractivity contribution in [3.8, 4) is 5.75 Å². The Morgan fingerprint density at radius 2 is 2.13 bits per heavy atom. The van der Waals surface area contributed by atoms with Crippen molar-refractivity contribution >= 4 is 17.6 Å². The number of rotatable bonds is 11. The van der Waals surface area contributed by atoms with Crippen LogP contribution >= 0.6 is 0 Å². The van der Waals surface area contributed by atoms with E-state index in [1.165, 1.54) is 6.26 Å². The maximum Gasteiger partial charge on any atom is 0.308 e. The Morgan fingerprint density at radius 1 is 1.24 bits per heavy atom. The number of hydrogen-bond donors (Lipinski definition) is 1. The molecule has 0 unspecified atom stereocenters. The van der Waals surface area contributed by atoms with Crippen LogP contribution in [0.5, 0.6) is 5.75 Å². The molecule has 1 amide bonds. The standard InChI is InChI=1S/C29H34N4O5/c1-2-3-13-33(22-5-4-11-30-17-22)27(34)19-32-18-23(20-6-8-25-21(16-20)10-14-37-25)28(29(35)36)24(32)7-9-26-31-12-15-38-26/h4-6,8,11-12,15-17,23-24,28H,2-3,7,9-10,13-14,18-19H2,1H3,(H,35,36)/t23-,24+,28-/m1/s1. The van der Waals surface area contributed by atoms with Crippen molar-refractivity contribution in [2.45, 2.75) is 51.0 Å². The second-order valence-corrected chi connectivity index (χ2v) is 10.0. The minimum Gasteiger partial charge on any atom is -0.493 e. The molecule has 1 saturated heterocycles. The van der Waals surface area contributed by atoms with E-state index in [1.807, 2.05) is 29.2 Å². The maximum atomic E-state index is 13.7. The number of aliphatic carboxylic acids is 1. The number of benzene rings is 1. The fourth-order valence-electron chi connectivity index (χ4n) is 5.76. The highest BCUT2D eigenvalue weighted by atomic mass is 16.5. The number of carboxylic acids is 1. The highest BCUT2D eigenvalue weighted by molar-refractivity contribution is 5.94. The van der Waals surface area contributed by atoms with E-state index >= 15 is 0 Å². The van der Waals surface area contributed by atoms with Crippen LogP contribution in [0.25, 0.3) is 0 Å². The first-order valence-corrected chi connectivity index (χ1v) is 13.4. The second kappa shape index (κ2) is 11.8. The van der Waals surface area contributed by atoms with Gasteiger partial charge >= 0.3 is 5.97 Å². The Hall–Kier alpha value is -3.72. The van der Waals surface area contributed by atoms with Crippen molar-refractivity contribution in [1.82, 2.24) is 14.9 Å². The number of aryl methyl sites for hydroxylation is 1. The van der Waals surface area contributed by atoms with Crippen LogP contribution in [0.2, 0.25) is 0 Å². The Kier molecular flexibility index (Phi) is 8.03. The summed E-state index contributed by atoms with van der Waals surface area (Å²) in [6, 6.07) is 9.37. The lowest BCUT2D eigenvalue weighted by Crippen LogP contribution is -2.44. The molecule has 0 radical (unpaired) electrons. The van der Waals surface area contributed by atoms with E-state index in [9.17, 15) is 14.7 Å². The minimum absolute atomic E-state index is 0.0558. The van der Waals surface area contributed by atoms with Crippen molar-refractivity contribution in [1.29, 1.82) is 0 Å². The van der Waals surface area contributed by atoms with Gasteiger partial charge in [-0.3, -0.25) is 19.5 Å². The Balaban J connectivity index is 1.43. The fourth-order valence-corrected chi connectivity index (χ4v) is 5.76. The molecule has 9 nitrogen and oxygen atoms in total. The zero-order valence-electron chi connectivity index (χ0n) is 21.7. The van der Waals surface area contributed by atoms with Gasteiger partial charge in [-0.1, -0.05) is 25.5 Å². The third kappa shape index (κ3) is 5.57. The highest BCUT2D eigenvalue weighted by Crippen LogP contribution is 2.41. The van der Waals surface area contributed by atoms with E-state index in [2.05, 4.69) is 23.0 Å². The summed E-state index contributed by atoms with van der Waals surface area (Å²) in [6.07, 6.45) is 10.2. The number of carbonyl (C=O) groups is 2. The first kappa shape index (κ1) is 25.9.